The van der Waals surface area contributed by atoms with E-state index in [2.05, 4.69) is 88.5 Å². The van der Waals surface area contributed by atoms with Gasteiger partial charge < -0.3 is 28.3 Å². The van der Waals surface area contributed by atoms with Crippen LogP contribution in [0.2, 0.25) is 0 Å². The van der Waals surface area contributed by atoms with Crippen LogP contribution in [0.25, 0.3) is 32.9 Å². The zero-order valence-electron chi connectivity index (χ0n) is 32.2. The molecule has 7 heterocycles. The molecule has 3 fully saturated rings. The molecule has 2 atom stereocenters. The first-order chi connectivity index (χ1) is 28.5. The highest BCUT2D eigenvalue weighted by molar-refractivity contribution is 8.00. The fourth-order valence-electron chi connectivity index (χ4n) is 8.92. The van der Waals surface area contributed by atoms with Crippen molar-refractivity contribution in [3.8, 4) is 5.75 Å². The fraction of sp³-hybridized carbons (Fsp3) is 0.326. The lowest BCUT2D eigenvalue weighted by atomic mass is 10.1. The van der Waals surface area contributed by atoms with E-state index in [1.165, 1.54) is 29.7 Å². The highest BCUT2D eigenvalue weighted by Gasteiger charge is 2.32. The number of imide groups is 1. The maximum Gasteiger partial charge on any atom is 0.249 e. The Balaban J connectivity index is 0.751. The van der Waals surface area contributed by atoms with Crippen molar-refractivity contribution in [3.63, 3.8) is 0 Å². The van der Waals surface area contributed by atoms with Crippen LogP contribution in [-0.2, 0) is 16.1 Å². The maximum absolute atomic E-state index is 12.9. The van der Waals surface area contributed by atoms with Gasteiger partial charge in [-0.3, -0.25) is 24.5 Å². The summed E-state index contributed by atoms with van der Waals surface area (Å²) >= 11 is 1.52. The molecule has 2 N–H and O–H groups in total. The second-order valence-electron chi connectivity index (χ2n) is 15.4. The Bertz CT molecular complexity index is 2630. The number of fused-ring (bicyclic) bond motifs is 4. The topological polar surface area (TPSA) is 139 Å². The molecule has 14 nitrogen and oxygen atoms in total. The molecule has 7 aromatic rings. The number of nitrogens with one attached hydrogen (secondary N) is 2. The van der Waals surface area contributed by atoms with Crippen LogP contribution in [0.15, 0.2) is 101 Å². The summed E-state index contributed by atoms with van der Waals surface area (Å²) in [5.74, 6) is 1.46. The van der Waals surface area contributed by atoms with Crippen molar-refractivity contribution < 1.29 is 18.8 Å². The quantitative estimate of drug-likeness (QED) is 0.112. The van der Waals surface area contributed by atoms with Gasteiger partial charge >= 0.3 is 0 Å². The van der Waals surface area contributed by atoms with E-state index in [4.69, 9.17) is 9.26 Å². The van der Waals surface area contributed by atoms with Crippen molar-refractivity contribution in [2.75, 3.05) is 67.4 Å². The molecule has 0 radical (unpaired) electrons. The van der Waals surface area contributed by atoms with Crippen molar-refractivity contribution >= 4 is 73.9 Å². The summed E-state index contributed by atoms with van der Waals surface area (Å²) in [4.78, 5) is 38.2. The lowest BCUT2D eigenvalue weighted by Gasteiger charge is -2.37. The number of nitrogens with zero attached hydrogens (tertiary/aromatic N) is 8. The Morgan fingerprint density at radius 3 is 2.66 bits per heavy atom. The minimum atomic E-state index is -0.460. The number of aromatic nitrogens is 5. The van der Waals surface area contributed by atoms with E-state index in [1.54, 1.807) is 19.5 Å². The van der Waals surface area contributed by atoms with Crippen LogP contribution < -0.4 is 24.6 Å². The molecular weight excluding hydrogens is 753 g/mol. The number of amides is 2. The summed E-state index contributed by atoms with van der Waals surface area (Å²) in [6.07, 6.45) is 7.43. The molecule has 15 heteroatoms. The highest BCUT2D eigenvalue weighted by atomic mass is 32.2. The largest absolute Gasteiger partial charge is 0.496 e. The van der Waals surface area contributed by atoms with E-state index in [-0.39, 0.29) is 11.8 Å². The molecule has 0 spiro atoms. The summed E-state index contributed by atoms with van der Waals surface area (Å²) in [5, 5.41) is 14.1. The van der Waals surface area contributed by atoms with Gasteiger partial charge in [-0.1, -0.05) is 11.2 Å². The Morgan fingerprint density at radius 2 is 1.81 bits per heavy atom. The molecule has 58 heavy (non-hydrogen) atoms. The van der Waals surface area contributed by atoms with Crippen LogP contribution in [0.3, 0.4) is 0 Å². The van der Waals surface area contributed by atoms with Gasteiger partial charge in [-0.25, -0.2) is 4.98 Å². The summed E-state index contributed by atoms with van der Waals surface area (Å²) < 4.78 is 18.8. The van der Waals surface area contributed by atoms with Gasteiger partial charge in [0.1, 0.15) is 22.8 Å². The van der Waals surface area contributed by atoms with E-state index >= 15 is 0 Å². The first kappa shape index (κ1) is 36.3. The summed E-state index contributed by atoms with van der Waals surface area (Å²) in [5.41, 5.74) is 5.84. The van der Waals surface area contributed by atoms with Crippen LogP contribution in [0.5, 0.6) is 5.75 Å². The molecule has 0 bridgehead atoms. The van der Waals surface area contributed by atoms with Gasteiger partial charge in [0, 0.05) is 97.9 Å². The van der Waals surface area contributed by atoms with Gasteiger partial charge in [0.2, 0.25) is 11.8 Å². The summed E-state index contributed by atoms with van der Waals surface area (Å²) in [7, 11) is 1.66. The number of anilines is 3. The Hall–Kier alpha value is -6.06. The number of pyridine rings is 1. The summed E-state index contributed by atoms with van der Waals surface area (Å²) in [6, 6.07) is 24.7. The summed E-state index contributed by atoms with van der Waals surface area (Å²) in [6.45, 7) is 7.72. The average molecular weight is 797 g/mol. The number of carbonyl (C=O) groups excluding carboxylic acids is 2. The van der Waals surface area contributed by atoms with Crippen molar-refractivity contribution in [1.29, 1.82) is 0 Å². The first-order valence-corrected chi connectivity index (χ1v) is 20.7. The third-order valence-corrected chi connectivity index (χ3v) is 12.6. The Kier molecular flexibility index (Phi) is 9.61. The molecule has 10 rings (SSSR count). The van der Waals surface area contributed by atoms with Crippen molar-refractivity contribution in [2.24, 2.45) is 5.92 Å². The molecular formula is C43H44N10O4S. The second-order valence-corrected chi connectivity index (χ2v) is 16.3. The van der Waals surface area contributed by atoms with Crippen molar-refractivity contribution in [1.82, 2.24) is 34.7 Å². The molecule has 3 aromatic carbocycles. The van der Waals surface area contributed by atoms with Gasteiger partial charge in [0.25, 0.3) is 0 Å². The molecule has 2 unspecified atom stereocenters. The van der Waals surface area contributed by atoms with Crippen LogP contribution in [0.1, 0.15) is 30.9 Å². The first-order valence-electron chi connectivity index (χ1n) is 19.9. The number of piperidine rings is 1. The third-order valence-electron chi connectivity index (χ3n) is 11.8. The van der Waals surface area contributed by atoms with Crippen LogP contribution in [0.4, 0.5) is 17.2 Å². The molecule has 2 amide bonds. The average Bonchev–Trinajstić information content (AvgIpc) is 4.08. The number of methoxy groups -OCH3 is 1. The molecule has 296 valence electrons. The van der Waals surface area contributed by atoms with E-state index in [9.17, 15) is 9.59 Å². The van der Waals surface area contributed by atoms with Crippen LogP contribution in [-0.4, -0.2) is 94.1 Å². The lowest BCUT2D eigenvalue weighted by molar-refractivity contribution is -0.135. The molecule has 3 aliphatic rings. The number of hydrogen-bond acceptors (Lipinski definition) is 12. The number of ether oxygens (including phenoxy) is 1. The highest BCUT2D eigenvalue weighted by Crippen LogP contribution is 2.38. The van der Waals surface area contributed by atoms with Gasteiger partial charge in [-0.15, -0.1) is 0 Å². The number of carbonyl (C=O) groups is 2. The molecule has 0 aliphatic carbocycles. The van der Waals surface area contributed by atoms with E-state index in [1.807, 2.05) is 39.7 Å². The van der Waals surface area contributed by atoms with Gasteiger partial charge in [-0.2, -0.15) is 5.10 Å². The number of rotatable bonds is 11. The number of benzene rings is 3. The lowest BCUT2D eigenvalue weighted by Crippen LogP contribution is -2.48. The van der Waals surface area contributed by atoms with Gasteiger partial charge in [0.05, 0.1) is 19.2 Å². The Morgan fingerprint density at radius 1 is 0.914 bits per heavy atom. The smallest absolute Gasteiger partial charge is 0.249 e. The normalized spacial score (nSPS) is 19.1. The number of piperazine rings is 1. The zero-order chi connectivity index (χ0) is 39.2. The fourth-order valence-corrected chi connectivity index (χ4v) is 9.60. The molecule has 3 saturated heterocycles. The standard InChI is InChI=1S/C43H44N10O4S/c1-56-37-21-29(27-52-15-4-14-45-52)22-38-40(37)41(47-57-38)48-58-32-6-2-5-30(23-32)51-16-12-28(26-51)25-49-17-19-50(20-18-49)31-8-9-35-34(24-31)33-7-3-13-44-42(33)53(35)36-10-11-39(54)46-43(36)55/h2-9,13-15,21-24,28,36H,10-12,16-20,25-27H2,1H3,(H,47,48)(H,46,54,55). The van der Waals surface area contributed by atoms with Crippen LogP contribution in [0, 0.1) is 5.92 Å². The minimum absolute atomic E-state index is 0.214. The Labute approximate surface area is 339 Å². The van der Waals surface area contributed by atoms with E-state index in [0.29, 0.717) is 42.5 Å². The molecule has 0 saturated carbocycles. The molecule has 4 aromatic heterocycles. The number of hydrogen-bond donors (Lipinski definition) is 2. The second kappa shape index (κ2) is 15.4. The van der Waals surface area contributed by atoms with Crippen molar-refractivity contribution in [3.05, 3.63) is 97.0 Å². The predicted molar refractivity (Wildman–Crippen MR) is 225 cm³/mol. The van der Waals surface area contributed by atoms with Crippen LogP contribution >= 0.6 is 11.9 Å². The molecule has 3 aliphatic heterocycles. The maximum atomic E-state index is 12.9. The van der Waals surface area contributed by atoms with E-state index < -0.39 is 6.04 Å². The zero-order valence-corrected chi connectivity index (χ0v) is 33.0. The third kappa shape index (κ3) is 6.98. The minimum Gasteiger partial charge on any atom is -0.496 e. The van der Waals surface area contributed by atoms with Gasteiger partial charge in [0.15, 0.2) is 11.4 Å². The monoisotopic (exact) mass is 796 g/mol. The predicted octanol–water partition coefficient (Wildman–Crippen LogP) is 6.33. The SMILES string of the molecule is COc1cc(Cn2cccn2)cc2onc(NSc3cccc(N4CCC(CN5CCN(c6ccc7c(c6)c6cccnc6n7C6CCC(=O)NC6=O)CC5)C4)c3)c12. The van der Waals surface area contributed by atoms with Gasteiger partial charge in [-0.05, 0) is 103 Å². The van der Waals surface area contributed by atoms with Crippen molar-refractivity contribution in [2.45, 2.75) is 36.7 Å². The van der Waals surface area contributed by atoms with E-state index in [0.717, 1.165) is 83.6 Å².